The first-order valence-electron chi connectivity index (χ1n) is 5.94. The maximum Gasteiger partial charge on any atom is 0.165 e. The van der Waals surface area contributed by atoms with Gasteiger partial charge < -0.3 is 10.1 Å². The van der Waals surface area contributed by atoms with Crippen LogP contribution in [0.4, 0.5) is 5.82 Å². The molecule has 0 unspecified atom stereocenters. The molecule has 0 radical (unpaired) electrons. The number of methoxy groups -OCH3 is 1. The summed E-state index contributed by atoms with van der Waals surface area (Å²) in [5.41, 5.74) is 1.78. The van der Waals surface area contributed by atoms with E-state index in [2.05, 4.69) is 43.0 Å². The van der Waals surface area contributed by atoms with E-state index in [1.165, 1.54) is 0 Å². The van der Waals surface area contributed by atoms with E-state index in [0.717, 1.165) is 27.2 Å². The van der Waals surface area contributed by atoms with Crippen molar-refractivity contribution in [1.29, 1.82) is 0 Å². The Labute approximate surface area is 125 Å². The van der Waals surface area contributed by atoms with Gasteiger partial charge in [0.05, 0.1) is 27.6 Å². The van der Waals surface area contributed by atoms with Crippen molar-refractivity contribution in [1.82, 2.24) is 19.7 Å². The third-order valence-corrected chi connectivity index (χ3v) is 3.64. The zero-order valence-corrected chi connectivity index (χ0v) is 13.3. The fourth-order valence-electron chi connectivity index (χ4n) is 1.68. The highest BCUT2D eigenvalue weighted by Crippen LogP contribution is 2.24. The first-order chi connectivity index (χ1) is 9.15. The molecular weight excluding hydrogens is 357 g/mol. The number of aromatic nitrogens is 4. The van der Waals surface area contributed by atoms with Crippen LogP contribution in [0.1, 0.15) is 12.6 Å². The molecule has 1 N–H and O–H groups in total. The Morgan fingerprint density at radius 2 is 2.21 bits per heavy atom. The van der Waals surface area contributed by atoms with E-state index >= 15 is 0 Å². The molecule has 0 aliphatic rings. The maximum atomic E-state index is 5.19. The van der Waals surface area contributed by atoms with Crippen LogP contribution in [0.2, 0.25) is 0 Å². The number of hydrogen-bond donors (Lipinski definition) is 1. The second-order valence-electron chi connectivity index (χ2n) is 4.02. The maximum absolute atomic E-state index is 5.19. The second-order valence-corrected chi connectivity index (χ2v) is 5.10. The molecule has 0 fully saturated rings. The summed E-state index contributed by atoms with van der Waals surface area (Å²) in [6, 6.07) is 0. The Morgan fingerprint density at radius 1 is 1.42 bits per heavy atom. The topological polar surface area (TPSA) is 64.9 Å². The van der Waals surface area contributed by atoms with E-state index in [9.17, 15) is 0 Å². The minimum Gasteiger partial charge on any atom is -0.378 e. The highest BCUT2D eigenvalue weighted by Gasteiger charge is 2.13. The number of aryl methyl sites for hydroxylation is 1. The summed E-state index contributed by atoms with van der Waals surface area (Å²) in [7, 11) is 3.53. The van der Waals surface area contributed by atoms with Gasteiger partial charge in [0.15, 0.2) is 5.82 Å². The van der Waals surface area contributed by atoms with Crippen LogP contribution in [0.5, 0.6) is 0 Å². The lowest BCUT2D eigenvalue weighted by molar-refractivity contribution is 0.181. The molecular formula is C12H16IN5O. The zero-order chi connectivity index (χ0) is 13.8. The van der Waals surface area contributed by atoms with Crippen LogP contribution in [0.25, 0.3) is 11.4 Å². The Morgan fingerprint density at radius 3 is 2.79 bits per heavy atom. The second kappa shape index (κ2) is 6.29. The highest BCUT2D eigenvalue weighted by atomic mass is 127. The lowest BCUT2D eigenvalue weighted by Crippen LogP contribution is -2.08. The molecule has 2 rings (SSSR count). The molecule has 2 aromatic rings. The van der Waals surface area contributed by atoms with Crippen molar-refractivity contribution in [2.75, 3.05) is 19.0 Å². The summed E-state index contributed by atoms with van der Waals surface area (Å²) in [5.74, 6) is 1.50. The van der Waals surface area contributed by atoms with Crippen molar-refractivity contribution >= 4 is 28.4 Å². The summed E-state index contributed by atoms with van der Waals surface area (Å²) in [5, 5.41) is 7.40. The molecule has 0 bridgehead atoms. The van der Waals surface area contributed by atoms with E-state index in [0.29, 0.717) is 12.4 Å². The normalized spacial score (nSPS) is 10.7. The van der Waals surface area contributed by atoms with E-state index in [4.69, 9.17) is 4.74 Å². The number of anilines is 1. The minimum atomic E-state index is 0.465. The third-order valence-electron chi connectivity index (χ3n) is 2.51. The van der Waals surface area contributed by atoms with Gasteiger partial charge in [-0.3, -0.25) is 4.68 Å². The van der Waals surface area contributed by atoms with E-state index in [1.807, 2.05) is 20.2 Å². The molecule has 0 amide bonds. The van der Waals surface area contributed by atoms with Gasteiger partial charge in [0.1, 0.15) is 5.82 Å². The standard InChI is InChI=1S/C12H16IN5O/c1-4-14-12-10(13)9(7-19-3)16-11(17-12)8-5-15-18(2)6-8/h5-6H,4,7H2,1-3H3,(H,14,16,17). The molecule has 0 saturated heterocycles. The molecule has 0 saturated carbocycles. The molecule has 6 nitrogen and oxygen atoms in total. The largest absolute Gasteiger partial charge is 0.378 e. The van der Waals surface area contributed by atoms with Crippen LogP contribution in [-0.2, 0) is 18.4 Å². The van der Waals surface area contributed by atoms with Gasteiger partial charge in [0, 0.05) is 26.9 Å². The van der Waals surface area contributed by atoms with Crippen molar-refractivity contribution in [3.63, 3.8) is 0 Å². The van der Waals surface area contributed by atoms with Gasteiger partial charge in [-0.2, -0.15) is 5.10 Å². The quantitative estimate of drug-likeness (QED) is 0.813. The first-order valence-corrected chi connectivity index (χ1v) is 7.01. The van der Waals surface area contributed by atoms with Crippen LogP contribution >= 0.6 is 22.6 Å². The van der Waals surface area contributed by atoms with Crippen molar-refractivity contribution < 1.29 is 4.74 Å². The molecule has 0 spiro atoms. The van der Waals surface area contributed by atoms with Gasteiger partial charge in [-0.25, -0.2) is 9.97 Å². The number of rotatable bonds is 5. The van der Waals surface area contributed by atoms with E-state index in [-0.39, 0.29) is 0 Å². The summed E-state index contributed by atoms with van der Waals surface area (Å²) in [4.78, 5) is 9.10. The van der Waals surface area contributed by atoms with Crippen LogP contribution < -0.4 is 5.32 Å². The summed E-state index contributed by atoms with van der Waals surface area (Å²) in [6.45, 7) is 3.32. The number of halogens is 1. The Bertz CT molecular complexity index is 542. The monoisotopic (exact) mass is 373 g/mol. The van der Waals surface area contributed by atoms with Crippen molar-refractivity contribution in [3.8, 4) is 11.4 Å². The summed E-state index contributed by atoms with van der Waals surface area (Å²) < 4.78 is 7.92. The van der Waals surface area contributed by atoms with E-state index < -0.39 is 0 Å². The minimum absolute atomic E-state index is 0.465. The molecule has 0 atom stereocenters. The Balaban J connectivity index is 2.48. The lowest BCUT2D eigenvalue weighted by Gasteiger charge is -2.11. The molecule has 2 aromatic heterocycles. The lowest BCUT2D eigenvalue weighted by atomic mass is 10.3. The average molecular weight is 373 g/mol. The van der Waals surface area contributed by atoms with Gasteiger partial charge in [0.25, 0.3) is 0 Å². The highest BCUT2D eigenvalue weighted by molar-refractivity contribution is 14.1. The molecule has 19 heavy (non-hydrogen) atoms. The van der Waals surface area contributed by atoms with Crippen molar-refractivity contribution in [2.45, 2.75) is 13.5 Å². The summed E-state index contributed by atoms with van der Waals surface area (Å²) >= 11 is 2.24. The number of hydrogen-bond acceptors (Lipinski definition) is 5. The van der Waals surface area contributed by atoms with E-state index in [1.54, 1.807) is 18.0 Å². The molecule has 0 aromatic carbocycles. The number of ether oxygens (including phenoxy) is 1. The first kappa shape index (κ1) is 14.2. The van der Waals surface area contributed by atoms with Crippen LogP contribution in [0.15, 0.2) is 12.4 Å². The van der Waals surface area contributed by atoms with Gasteiger partial charge in [0.2, 0.25) is 0 Å². The van der Waals surface area contributed by atoms with Crippen molar-refractivity contribution in [3.05, 3.63) is 21.7 Å². The molecule has 0 aliphatic carbocycles. The fourth-order valence-corrected chi connectivity index (χ4v) is 2.26. The predicted octanol–water partition coefficient (Wildman–Crippen LogP) is 2.06. The number of nitrogens with one attached hydrogen (secondary N) is 1. The third kappa shape index (κ3) is 3.21. The Kier molecular flexibility index (Phi) is 4.70. The van der Waals surface area contributed by atoms with Gasteiger partial charge in [-0.05, 0) is 29.5 Å². The van der Waals surface area contributed by atoms with Gasteiger partial charge >= 0.3 is 0 Å². The fraction of sp³-hybridized carbons (Fsp3) is 0.417. The molecule has 7 heteroatoms. The summed E-state index contributed by atoms with van der Waals surface area (Å²) in [6.07, 6.45) is 3.66. The average Bonchev–Trinajstić information content (AvgIpc) is 2.81. The van der Waals surface area contributed by atoms with Crippen LogP contribution in [0.3, 0.4) is 0 Å². The Hall–Kier alpha value is -1.22. The van der Waals surface area contributed by atoms with Gasteiger partial charge in [-0.1, -0.05) is 0 Å². The smallest absolute Gasteiger partial charge is 0.165 e. The molecule has 2 heterocycles. The number of nitrogens with zero attached hydrogens (tertiary/aromatic N) is 4. The van der Waals surface area contributed by atoms with Crippen LogP contribution in [-0.4, -0.2) is 33.4 Å². The molecule has 102 valence electrons. The molecule has 0 aliphatic heterocycles. The van der Waals surface area contributed by atoms with Crippen molar-refractivity contribution in [2.24, 2.45) is 7.05 Å². The van der Waals surface area contributed by atoms with Crippen LogP contribution in [0, 0.1) is 3.57 Å². The predicted molar refractivity (Wildman–Crippen MR) is 81.8 cm³/mol. The van der Waals surface area contributed by atoms with Gasteiger partial charge in [-0.15, -0.1) is 0 Å². The SMILES string of the molecule is CCNc1nc(-c2cnn(C)c2)nc(COC)c1I. The zero-order valence-electron chi connectivity index (χ0n) is 11.1.